The first-order chi connectivity index (χ1) is 17.2. The van der Waals surface area contributed by atoms with Gasteiger partial charge in [-0.05, 0) is 99.0 Å². The highest BCUT2D eigenvalue weighted by molar-refractivity contribution is 8.27. The Morgan fingerprint density at radius 2 is 1.83 bits per heavy atom. The summed E-state index contributed by atoms with van der Waals surface area (Å²) in [6.45, 7) is 10.5. The summed E-state index contributed by atoms with van der Waals surface area (Å²) in [5, 5.41) is 15.7. The van der Waals surface area contributed by atoms with E-state index in [9.17, 15) is 4.79 Å². The van der Waals surface area contributed by atoms with Crippen LogP contribution in [0.25, 0.3) is 11.8 Å². The molecule has 182 valence electrons. The predicted molar refractivity (Wildman–Crippen MR) is 146 cm³/mol. The summed E-state index contributed by atoms with van der Waals surface area (Å²) in [5.41, 5.74) is 7.78. The first-order valence-electron chi connectivity index (χ1n) is 11.7. The third-order valence-electron chi connectivity index (χ3n) is 6.44. The summed E-state index contributed by atoms with van der Waals surface area (Å²) in [6.07, 6.45) is 1.75. The zero-order chi connectivity index (χ0) is 25.6. The van der Waals surface area contributed by atoms with Crippen LogP contribution < -0.4 is 4.74 Å². The number of hydrogen-bond donors (Lipinski definition) is 1. The fourth-order valence-corrected chi connectivity index (χ4v) is 5.18. The summed E-state index contributed by atoms with van der Waals surface area (Å²) in [6, 6.07) is 16.1. The predicted octanol–water partition coefficient (Wildman–Crippen LogP) is 5.72. The minimum atomic E-state index is -0.439. The van der Waals surface area contributed by atoms with Crippen molar-refractivity contribution in [3.8, 4) is 11.4 Å². The summed E-state index contributed by atoms with van der Waals surface area (Å²) < 4.78 is 8.03. The van der Waals surface area contributed by atoms with Crippen molar-refractivity contribution in [3.63, 3.8) is 0 Å². The van der Waals surface area contributed by atoms with Crippen LogP contribution in [-0.4, -0.2) is 38.1 Å². The Labute approximate surface area is 214 Å². The molecule has 7 nitrogen and oxygen atoms in total. The van der Waals surface area contributed by atoms with Crippen molar-refractivity contribution in [2.45, 2.75) is 34.6 Å². The van der Waals surface area contributed by atoms with Crippen molar-refractivity contribution in [1.82, 2.24) is 9.58 Å². The number of amidine groups is 2. The Hall–Kier alpha value is -3.91. The van der Waals surface area contributed by atoms with Gasteiger partial charge in [0.15, 0.2) is 5.84 Å². The van der Waals surface area contributed by atoms with Crippen molar-refractivity contribution in [2.24, 2.45) is 10.1 Å². The Morgan fingerprint density at radius 3 is 2.61 bits per heavy atom. The van der Waals surface area contributed by atoms with Gasteiger partial charge in [0.25, 0.3) is 5.91 Å². The highest BCUT2D eigenvalue weighted by Gasteiger charge is 2.36. The van der Waals surface area contributed by atoms with Gasteiger partial charge in [0.2, 0.25) is 5.17 Å². The molecule has 1 N–H and O–H groups in total. The summed E-state index contributed by atoms with van der Waals surface area (Å²) in [7, 11) is 0. The molecule has 1 aromatic heterocycles. The van der Waals surface area contributed by atoms with Crippen molar-refractivity contribution >= 4 is 39.8 Å². The van der Waals surface area contributed by atoms with Crippen LogP contribution in [-0.2, 0) is 4.79 Å². The standard InChI is InChI=1S/C28H27N5O2S/c1-16-8-6-10-22(12-16)35-15-25-31-33-26(29)23(27(34)30-28(33)36-25)14-21-13-18(3)32(20(21)5)24-11-7-9-17(2)19(24)4/h6-14,29H,15H2,1-5H3/b23-14+,29-26?. The van der Waals surface area contributed by atoms with Crippen LogP contribution in [0.4, 0.5) is 0 Å². The lowest BCUT2D eigenvalue weighted by Crippen LogP contribution is -2.35. The lowest BCUT2D eigenvalue weighted by atomic mass is 10.1. The summed E-state index contributed by atoms with van der Waals surface area (Å²) in [4.78, 5) is 17.1. The quantitative estimate of drug-likeness (QED) is 0.457. The van der Waals surface area contributed by atoms with E-state index in [2.05, 4.69) is 46.7 Å². The average Bonchev–Trinajstić information content (AvgIpc) is 3.37. The second kappa shape index (κ2) is 9.28. The van der Waals surface area contributed by atoms with Gasteiger partial charge in [-0.1, -0.05) is 24.3 Å². The molecule has 0 saturated carbocycles. The van der Waals surface area contributed by atoms with Gasteiger partial charge in [-0.3, -0.25) is 10.2 Å². The lowest BCUT2D eigenvalue weighted by Gasteiger charge is -2.20. The molecule has 0 atom stereocenters. The normalized spacial score (nSPS) is 16.4. The molecule has 2 aliphatic heterocycles. The van der Waals surface area contributed by atoms with Gasteiger partial charge in [0.05, 0.1) is 5.57 Å². The van der Waals surface area contributed by atoms with Crippen LogP contribution >= 0.6 is 11.8 Å². The molecule has 3 aromatic rings. The maximum absolute atomic E-state index is 12.9. The van der Waals surface area contributed by atoms with E-state index < -0.39 is 5.91 Å². The molecule has 0 saturated heterocycles. The zero-order valence-corrected chi connectivity index (χ0v) is 21.7. The molecule has 36 heavy (non-hydrogen) atoms. The number of benzene rings is 2. The molecule has 5 rings (SSSR count). The first-order valence-corrected chi connectivity index (χ1v) is 12.5. The third-order valence-corrected chi connectivity index (χ3v) is 7.32. The Kier molecular flexibility index (Phi) is 6.14. The van der Waals surface area contributed by atoms with E-state index in [1.165, 1.54) is 27.9 Å². The van der Waals surface area contributed by atoms with Crippen LogP contribution in [0.15, 0.2) is 64.2 Å². The minimum absolute atomic E-state index is 0.0135. The van der Waals surface area contributed by atoms with E-state index in [1.54, 1.807) is 6.08 Å². The number of amides is 1. The van der Waals surface area contributed by atoms with Gasteiger partial charge in [0.1, 0.15) is 17.4 Å². The average molecular weight is 498 g/mol. The monoisotopic (exact) mass is 497 g/mol. The fraction of sp³-hybridized carbons (Fsp3) is 0.214. The first kappa shape index (κ1) is 23.8. The lowest BCUT2D eigenvalue weighted by molar-refractivity contribution is -0.114. The summed E-state index contributed by atoms with van der Waals surface area (Å²) in [5.74, 6) is 0.321. The van der Waals surface area contributed by atoms with E-state index in [4.69, 9.17) is 10.1 Å². The number of aryl methyl sites for hydroxylation is 3. The highest BCUT2D eigenvalue weighted by Crippen LogP contribution is 2.31. The Bertz CT molecular complexity index is 1510. The van der Waals surface area contributed by atoms with Gasteiger partial charge in [-0.2, -0.15) is 15.1 Å². The van der Waals surface area contributed by atoms with Crippen molar-refractivity contribution in [3.05, 3.63) is 87.7 Å². The number of thioether (sulfide) groups is 1. The van der Waals surface area contributed by atoms with Crippen molar-refractivity contribution in [2.75, 3.05) is 6.61 Å². The highest BCUT2D eigenvalue weighted by atomic mass is 32.2. The number of hydrogen-bond acceptors (Lipinski definition) is 5. The topological polar surface area (TPSA) is 83.0 Å². The fourth-order valence-electron chi connectivity index (χ4n) is 4.38. The number of fused-ring (bicyclic) bond motifs is 1. The van der Waals surface area contributed by atoms with E-state index in [0.29, 0.717) is 10.2 Å². The van der Waals surface area contributed by atoms with E-state index in [0.717, 1.165) is 34.0 Å². The molecular weight excluding hydrogens is 470 g/mol. The second-order valence-corrected chi connectivity index (χ2v) is 10.0. The van der Waals surface area contributed by atoms with Crippen LogP contribution in [0.2, 0.25) is 0 Å². The number of aliphatic imine (C=N–C) groups is 1. The minimum Gasteiger partial charge on any atom is -0.487 e. The number of ether oxygens (including phenoxy) is 1. The molecular formula is C28H27N5O2S. The van der Waals surface area contributed by atoms with E-state index in [1.807, 2.05) is 51.1 Å². The number of hydrazone groups is 1. The van der Waals surface area contributed by atoms with Gasteiger partial charge in [0, 0.05) is 17.1 Å². The van der Waals surface area contributed by atoms with Gasteiger partial charge in [-0.15, -0.1) is 0 Å². The smallest absolute Gasteiger partial charge is 0.283 e. The maximum atomic E-state index is 12.9. The summed E-state index contributed by atoms with van der Waals surface area (Å²) >= 11 is 1.25. The largest absolute Gasteiger partial charge is 0.487 e. The van der Waals surface area contributed by atoms with E-state index in [-0.39, 0.29) is 18.0 Å². The molecule has 0 aliphatic carbocycles. The molecule has 0 unspecified atom stereocenters. The Morgan fingerprint density at radius 1 is 1.06 bits per heavy atom. The SMILES string of the molecule is Cc1cccc(OCC2=NN3C(=N)/C(=C\c4cc(C)n(-c5cccc(C)c5C)c4C)C(=O)N=C3S2)c1. The van der Waals surface area contributed by atoms with Gasteiger partial charge in [-0.25, -0.2) is 0 Å². The van der Waals surface area contributed by atoms with Crippen LogP contribution in [0.3, 0.4) is 0 Å². The second-order valence-electron chi connectivity index (χ2n) is 9.00. The van der Waals surface area contributed by atoms with Gasteiger partial charge < -0.3 is 9.30 Å². The number of carbonyl (C=O) groups is 1. The van der Waals surface area contributed by atoms with Crippen LogP contribution in [0, 0.1) is 40.0 Å². The van der Waals surface area contributed by atoms with Gasteiger partial charge >= 0.3 is 0 Å². The number of nitrogens with one attached hydrogen (secondary N) is 1. The molecule has 1 amide bonds. The molecule has 8 heteroatoms. The van der Waals surface area contributed by atoms with Crippen molar-refractivity contribution < 1.29 is 9.53 Å². The van der Waals surface area contributed by atoms with Crippen molar-refractivity contribution in [1.29, 1.82) is 5.41 Å². The maximum Gasteiger partial charge on any atom is 0.283 e. The number of carbonyl (C=O) groups excluding carboxylic acids is 1. The number of rotatable bonds is 5. The molecule has 0 fully saturated rings. The van der Waals surface area contributed by atoms with E-state index >= 15 is 0 Å². The van der Waals surface area contributed by atoms with Crippen LogP contribution in [0.1, 0.15) is 33.6 Å². The molecule has 0 spiro atoms. The molecule has 3 heterocycles. The molecule has 0 bridgehead atoms. The zero-order valence-electron chi connectivity index (χ0n) is 20.9. The number of nitrogens with zero attached hydrogens (tertiary/aromatic N) is 4. The molecule has 2 aromatic carbocycles. The molecule has 0 radical (unpaired) electrons. The number of aromatic nitrogens is 1. The van der Waals surface area contributed by atoms with Crippen LogP contribution in [0.5, 0.6) is 5.75 Å². The molecule has 2 aliphatic rings. The third kappa shape index (κ3) is 4.28. The Balaban J connectivity index is 1.42.